The topological polar surface area (TPSA) is 9.23 Å². The molecule has 0 amide bonds. The van der Waals surface area contributed by atoms with Gasteiger partial charge in [-0.15, -0.1) is 17.4 Å². The lowest BCUT2D eigenvalue weighted by Crippen LogP contribution is -2.16. The summed E-state index contributed by atoms with van der Waals surface area (Å²) in [5.41, 5.74) is 4.57. The molecule has 0 aliphatic rings. The van der Waals surface area contributed by atoms with Crippen LogP contribution in [0.4, 0.5) is 0 Å². The highest BCUT2D eigenvalue weighted by Crippen LogP contribution is 2.03. The molecule has 0 aliphatic heterocycles. The Kier molecular flexibility index (Phi) is 11.5. The minimum Gasteiger partial charge on any atom is -0.377 e. The number of hydrogen-bond acceptors (Lipinski definition) is 1. The highest BCUT2D eigenvalue weighted by molar-refractivity contribution is 6.83. The molecule has 0 aromatic heterocycles. The first kappa shape index (κ1) is 21.3. The van der Waals surface area contributed by atoms with Gasteiger partial charge in [0.1, 0.15) is 8.07 Å². The third-order valence-electron chi connectivity index (χ3n) is 3.41. The third kappa shape index (κ3) is 14.3. The van der Waals surface area contributed by atoms with E-state index >= 15 is 0 Å². The van der Waals surface area contributed by atoms with E-state index in [0.717, 1.165) is 38.9 Å². The average Bonchev–Trinajstić information content (AvgIpc) is 2.58. The second-order valence-corrected chi connectivity index (χ2v) is 11.9. The fourth-order valence-electron chi connectivity index (χ4n) is 2.09. The van der Waals surface area contributed by atoms with Gasteiger partial charge < -0.3 is 4.74 Å². The fourth-order valence-corrected chi connectivity index (χ4v) is 2.61. The summed E-state index contributed by atoms with van der Waals surface area (Å²) < 4.78 is 5.68. The van der Waals surface area contributed by atoms with Gasteiger partial charge in [-0.3, -0.25) is 0 Å². The van der Waals surface area contributed by atoms with Crippen LogP contribution in [-0.4, -0.2) is 14.7 Å². The van der Waals surface area contributed by atoms with Crippen molar-refractivity contribution in [2.45, 2.75) is 64.8 Å². The molecule has 0 atom stereocenters. The van der Waals surface area contributed by atoms with Gasteiger partial charge in [-0.05, 0) is 30.9 Å². The van der Waals surface area contributed by atoms with E-state index in [0.29, 0.717) is 0 Å². The Labute approximate surface area is 155 Å². The first-order valence-electron chi connectivity index (χ1n) is 9.33. The van der Waals surface area contributed by atoms with Crippen LogP contribution in [0.15, 0.2) is 42.5 Å². The van der Waals surface area contributed by atoms with E-state index in [9.17, 15) is 0 Å². The van der Waals surface area contributed by atoms with Crippen molar-refractivity contribution in [1.29, 1.82) is 0 Å². The van der Waals surface area contributed by atoms with E-state index in [1.807, 2.05) is 24.3 Å². The summed E-state index contributed by atoms with van der Waals surface area (Å²) >= 11 is 0. The molecule has 1 aromatic carbocycles. The fraction of sp³-hybridized carbons (Fsp3) is 0.478. The number of ether oxygens (including phenoxy) is 1. The number of allylic oxidation sites excluding steroid dienone is 2. The van der Waals surface area contributed by atoms with Gasteiger partial charge in [0.15, 0.2) is 0 Å². The van der Waals surface area contributed by atoms with Crippen molar-refractivity contribution >= 4 is 8.07 Å². The van der Waals surface area contributed by atoms with Gasteiger partial charge >= 0.3 is 0 Å². The van der Waals surface area contributed by atoms with Crippen LogP contribution in [0.25, 0.3) is 0 Å². The average molecular weight is 353 g/mol. The van der Waals surface area contributed by atoms with Crippen molar-refractivity contribution in [2.24, 2.45) is 0 Å². The maximum Gasteiger partial charge on any atom is 0.129 e. The molecule has 0 saturated heterocycles. The van der Waals surface area contributed by atoms with Crippen molar-refractivity contribution in [3.63, 3.8) is 0 Å². The molecule has 0 saturated carbocycles. The molecule has 1 aromatic rings. The van der Waals surface area contributed by atoms with Crippen LogP contribution in [0.1, 0.15) is 44.1 Å². The van der Waals surface area contributed by atoms with E-state index in [1.165, 1.54) is 18.4 Å². The van der Waals surface area contributed by atoms with Gasteiger partial charge in [-0.1, -0.05) is 68.4 Å². The first-order chi connectivity index (χ1) is 12.1. The van der Waals surface area contributed by atoms with Gasteiger partial charge in [-0.2, -0.15) is 0 Å². The predicted molar refractivity (Wildman–Crippen MR) is 112 cm³/mol. The lowest BCUT2D eigenvalue weighted by atomic mass is 10.2. The molecular formula is C23H32OSi. The van der Waals surface area contributed by atoms with Crippen molar-refractivity contribution < 1.29 is 4.74 Å². The Morgan fingerprint density at radius 2 is 1.72 bits per heavy atom. The molecule has 0 bridgehead atoms. The van der Waals surface area contributed by atoms with Crippen LogP contribution >= 0.6 is 0 Å². The summed E-state index contributed by atoms with van der Waals surface area (Å²) in [4.78, 5) is 0. The minimum absolute atomic E-state index is 0.719. The molecule has 0 spiro atoms. The summed E-state index contributed by atoms with van der Waals surface area (Å²) in [6, 6.07) is 10.3. The molecule has 0 unspecified atom stereocenters. The van der Waals surface area contributed by atoms with Crippen molar-refractivity contribution in [3.05, 3.63) is 48.0 Å². The van der Waals surface area contributed by atoms with E-state index < -0.39 is 8.07 Å². The molecule has 1 nitrogen and oxygen atoms in total. The quantitative estimate of drug-likeness (QED) is 0.301. The monoisotopic (exact) mass is 352 g/mol. The smallest absolute Gasteiger partial charge is 0.129 e. The van der Waals surface area contributed by atoms with Gasteiger partial charge in [0, 0.05) is 19.4 Å². The maximum atomic E-state index is 5.68. The van der Waals surface area contributed by atoms with E-state index in [4.69, 9.17) is 4.74 Å². The number of hydrogen-bond donors (Lipinski definition) is 0. The summed E-state index contributed by atoms with van der Waals surface area (Å²) in [6.07, 6.45) is 10.5. The highest BCUT2D eigenvalue weighted by atomic mass is 28.3. The Hall–Kier alpha value is -1.74. The second-order valence-electron chi connectivity index (χ2n) is 7.16. The lowest BCUT2D eigenvalue weighted by molar-refractivity contribution is 0.117. The van der Waals surface area contributed by atoms with Crippen LogP contribution < -0.4 is 0 Å². The Bertz CT molecular complexity index is 603. The molecule has 0 N–H and O–H groups in total. The first-order valence-corrected chi connectivity index (χ1v) is 12.8. The summed E-state index contributed by atoms with van der Waals surface area (Å²) in [5, 5.41) is 0. The van der Waals surface area contributed by atoms with Crippen LogP contribution in [0, 0.1) is 23.3 Å². The summed E-state index contributed by atoms with van der Waals surface area (Å²) in [6.45, 7) is 8.33. The van der Waals surface area contributed by atoms with Gasteiger partial charge in [-0.25, -0.2) is 0 Å². The molecule has 0 radical (unpaired) electrons. The third-order valence-corrected chi connectivity index (χ3v) is 4.31. The number of rotatable bonds is 9. The molecular weight excluding hydrogens is 320 g/mol. The van der Waals surface area contributed by atoms with Gasteiger partial charge in [0.25, 0.3) is 0 Å². The predicted octanol–water partition coefficient (Wildman–Crippen LogP) is 5.98. The van der Waals surface area contributed by atoms with Crippen molar-refractivity contribution in [3.8, 4) is 23.3 Å². The lowest BCUT2D eigenvalue weighted by Gasteiger charge is -2.03. The maximum absolute atomic E-state index is 5.68. The molecule has 0 heterocycles. The summed E-state index contributed by atoms with van der Waals surface area (Å²) in [7, 11) is -1.23. The molecule has 0 aliphatic carbocycles. The van der Waals surface area contributed by atoms with Crippen LogP contribution in [-0.2, 0) is 11.3 Å². The Morgan fingerprint density at radius 3 is 2.48 bits per heavy atom. The number of benzene rings is 1. The Balaban J connectivity index is 1.92. The minimum atomic E-state index is -1.23. The highest BCUT2D eigenvalue weighted by Gasteiger charge is 2.06. The molecule has 25 heavy (non-hydrogen) atoms. The van der Waals surface area contributed by atoms with Crippen molar-refractivity contribution in [2.75, 3.05) is 6.61 Å². The van der Waals surface area contributed by atoms with Crippen LogP contribution in [0.5, 0.6) is 0 Å². The zero-order chi connectivity index (χ0) is 18.2. The zero-order valence-electron chi connectivity index (χ0n) is 16.1. The SMILES string of the molecule is C[Si](C)(C)C#C/C=C\CCC#CCCCCCOCc1ccccc1. The second kappa shape index (κ2) is 13.5. The zero-order valence-corrected chi connectivity index (χ0v) is 17.1. The van der Waals surface area contributed by atoms with Gasteiger partial charge in [0.05, 0.1) is 6.61 Å². The number of unbranched alkanes of at least 4 members (excludes halogenated alkanes) is 4. The van der Waals surface area contributed by atoms with Gasteiger partial charge in [0.2, 0.25) is 0 Å². The molecule has 1 rings (SSSR count). The van der Waals surface area contributed by atoms with Crippen molar-refractivity contribution in [1.82, 2.24) is 0 Å². The van der Waals surface area contributed by atoms with E-state index in [1.54, 1.807) is 0 Å². The summed E-state index contributed by atoms with van der Waals surface area (Å²) in [5.74, 6) is 9.65. The standard InChI is InChI=1S/C23H32OSi/c1-25(2,3)21-17-12-10-8-6-4-5-7-9-11-16-20-24-22-23-18-14-13-15-19-23/h10,12-15,18-19H,6-9,11,16,20,22H2,1-3H3/b12-10-. The van der Waals surface area contributed by atoms with Crippen LogP contribution in [0.2, 0.25) is 19.6 Å². The molecule has 0 fully saturated rings. The van der Waals surface area contributed by atoms with E-state index in [2.05, 4.69) is 61.2 Å². The molecule has 2 heteroatoms. The molecule has 134 valence electrons. The van der Waals surface area contributed by atoms with E-state index in [-0.39, 0.29) is 0 Å². The Morgan fingerprint density at radius 1 is 0.960 bits per heavy atom. The largest absolute Gasteiger partial charge is 0.377 e. The van der Waals surface area contributed by atoms with Crippen LogP contribution in [0.3, 0.4) is 0 Å². The normalized spacial score (nSPS) is 10.8.